The molecule has 170 valence electrons. The molecular formula is C22H20F3N7O. The Morgan fingerprint density at radius 3 is 2.55 bits per heavy atom. The summed E-state index contributed by atoms with van der Waals surface area (Å²) in [5.41, 5.74) is -0.0554. The second-order valence-corrected chi connectivity index (χ2v) is 7.96. The Morgan fingerprint density at radius 2 is 1.82 bits per heavy atom. The van der Waals surface area contributed by atoms with Gasteiger partial charge >= 0.3 is 6.18 Å². The largest absolute Gasteiger partial charge is 0.416 e. The van der Waals surface area contributed by atoms with Crippen LogP contribution in [0.5, 0.6) is 0 Å². The topological polar surface area (TPSA) is 89.1 Å². The van der Waals surface area contributed by atoms with Crippen LogP contribution < -0.4 is 16.2 Å². The third kappa shape index (κ3) is 4.52. The summed E-state index contributed by atoms with van der Waals surface area (Å²) >= 11 is 0. The number of anilines is 2. The zero-order valence-electron chi connectivity index (χ0n) is 17.3. The van der Waals surface area contributed by atoms with Gasteiger partial charge in [-0.05, 0) is 49.6 Å². The zero-order chi connectivity index (χ0) is 23.0. The quantitative estimate of drug-likeness (QED) is 0.477. The van der Waals surface area contributed by atoms with Crippen LogP contribution in [0.25, 0.3) is 11.3 Å². The Hall–Kier alpha value is -3.89. The average Bonchev–Trinajstić information content (AvgIpc) is 3.40. The van der Waals surface area contributed by atoms with E-state index in [9.17, 15) is 18.0 Å². The molecule has 0 aromatic carbocycles. The average molecular weight is 455 g/mol. The lowest BCUT2D eigenvalue weighted by Crippen LogP contribution is -2.21. The van der Waals surface area contributed by atoms with Crippen LogP contribution in [0.3, 0.4) is 0 Å². The van der Waals surface area contributed by atoms with Gasteiger partial charge in [-0.3, -0.25) is 9.36 Å². The van der Waals surface area contributed by atoms with Crippen molar-refractivity contribution in [1.82, 2.24) is 24.1 Å². The standard InChI is InChI=1S/C22H20F3N7O/c23-22(24,25)14-8-10-32-19(11-14)29-21(30-32)28-16-5-4-15(12-16)27-18-7-6-17(13-26-18)31-9-2-1-3-20(31)33/h1-3,6-11,13,15-16H,4-5,12H2,(H,26,27)(H,28,30). The van der Waals surface area contributed by atoms with Crippen LogP contribution in [0.15, 0.2) is 65.8 Å². The Labute approximate surface area is 186 Å². The number of halogens is 3. The van der Waals surface area contributed by atoms with Gasteiger partial charge in [0.05, 0.1) is 17.4 Å². The molecule has 0 spiro atoms. The van der Waals surface area contributed by atoms with Gasteiger partial charge in [0, 0.05) is 30.5 Å². The Bertz CT molecular complexity index is 1330. The van der Waals surface area contributed by atoms with Crippen molar-refractivity contribution in [3.63, 3.8) is 0 Å². The molecule has 1 aliphatic carbocycles. The van der Waals surface area contributed by atoms with Crippen LogP contribution in [-0.2, 0) is 6.18 Å². The first-order valence-electron chi connectivity index (χ1n) is 10.5. The molecule has 8 nitrogen and oxygen atoms in total. The third-order valence-electron chi connectivity index (χ3n) is 5.63. The highest BCUT2D eigenvalue weighted by Crippen LogP contribution is 2.30. The normalized spacial score (nSPS) is 18.5. The van der Waals surface area contributed by atoms with Crippen molar-refractivity contribution >= 4 is 17.4 Å². The molecular weight excluding hydrogens is 435 g/mol. The fourth-order valence-corrected chi connectivity index (χ4v) is 4.01. The Kier molecular flexibility index (Phi) is 5.23. The predicted molar refractivity (Wildman–Crippen MR) is 116 cm³/mol. The highest BCUT2D eigenvalue weighted by molar-refractivity contribution is 5.47. The van der Waals surface area contributed by atoms with Crippen LogP contribution in [0, 0.1) is 0 Å². The van der Waals surface area contributed by atoms with Gasteiger partial charge in [-0.25, -0.2) is 9.50 Å². The molecule has 4 aromatic rings. The van der Waals surface area contributed by atoms with E-state index in [1.807, 2.05) is 12.1 Å². The number of nitrogens with zero attached hydrogens (tertiary/aromatic N) is 5. The number of fused-ring (bicyclic) bond motifs is 1. The highest BCUT2D eigenvalue weighted by Gasteiger charge is 2.31. The summed E-state index contributed by atoms with van der Waals surface area (Å²) in [4.78, 5) is 20.5. The molecule has 4 heterocycles. The first-order valence-corrected chi connectivity index (χ1v) is 10.5. The van der Waals surface area contributed by atoms with Gasteiger partial charge in [-0.2, -0.15) is 18.2 Å². The summed E-state index contributed by atoms with van der Waals surface area (Å²) in [7, 11) is 0. The molecule has 2 unspecified atom stereocenters. The summed E-state index contributed by atoms with van der Waals surface area (Å²) in [5.74, 6) is 1.01. The minimum Gasteiger partial charge on any atom is -0.367 e. The van der Waals surface area contributed by atoms with Crippen molar-refractivity contribution in [2.45, 2.75) is 37.5 Å². The van der Waals surface area contributed by atoms with Crippen LogP contribution in [0.1, 0.15) is 24.8 Å². The van der Waals surface area contributed by atoms with Crippen molar-refractivity contribution in [2.24, 2.45) is 0 Å². The molecule has 0 aliphatic heterocycles. The van der Waals surface area contributed by atoms with E-state index >= 15 is 0 Å². The van der Waals surface area contributed by atoms with E-state index in [1.54, 1.807) is 24.5 Å². The van der Waals surface area contributed by atoms with Crippen molar-refractivity contribution in [1.29, 1.82) is 0 Å². The minimum absolute atomic E-state index is 0.0872. The lowest BCUT2D eigenvalue weighted by molar-refractivity contribution is -0.137. The SMILES string of the molecule is O=c1ccccn1-c1ccc(NC2CCC(Nc3nc4cc(C(F)(F)F)ccn4n3)C2)nc1. The molecule has 1 aliphatic rings. The molecule has 33 heavy (non-hydrogen) atoms. The van der Waals surface area contributed by atoms with Gasteiger partial charge in [0.15, 0.2) is 5.65 Å². The molecule has 2 atom stereocenters. The monoisotopic (exact) mass is 455 g/mol. The van der Waals surface area contributed by atoms with Gasteiger partial charge in [0.25, 0.3) is 5.56 Å². The van der Waals surface area contributed by atoms with E-state index in [0.717, 1.165) is 31.4 Å². The van der Waals surface area contributed by atoms with E-state index in [2.05, 4.69) is 25.7 Å². The van der Waals surface area contributed by atoms with Crippen molar-refractivity contribution < 1.29 is 13.2 Å². The second kappa shape index (κ2) is 8.23. The van der Waals surface area contributed by atoms with Crippen molar-refractivity contribution in [3.05, 3.63) is 77.0 Å². The van der Waals surface area contributed by atoms with E-state index in [4.69, 9.17) is 0 Å². The molecule has 5 rings (SSSR count). The maximum atomic E-state index is 12.9. The molecule has 0 bridgehead atoms. The zero-order valence-corrected chi connectivity index (χ0v) is 17.3. The fourth-order valence-electron chi connectivity index (χ4n) is 4.01. The highest BCUT2D eigenvalue weighted by atomic mass is 19.4. The maximum absolute atomic E-state index is 12.9. The Morgan fingerprint density at radius 1 is 1.00 bits per heavy atom. The Balaban J connectivity index is 1.20. The first-order chi connectivity index (χ1) is 15.8. The van der Waals surface area contributed by atoms with Crippen LogP contribution in [0.4, 0.5) is 24.9 Å². The molecule has 0 radical (unpaired) electrons. The number of hydrogen-bond acceptors (Lipinski definition) is 6. The minimum atomic E-state index is -4.42. The van der Waals surface area contributed by atoms with Gasteiger partial charge in [0.2, 0.25) is 5.95 Å². The summed E-state index contributed by atoms with van der Waals surface area (Å²) in [6.07, 6.45) is 2.71. The van der Waals surface area contributed by atoms with Gasteiger partial charge in [0.1, 0.15) is 5.82 Å². The van der Waals surface area contributed by atoms with Gasteiger partial charge < -0.3 is 10.6 Å². The van der Waals surface area contributed by atoms with E-state index in [-0.39, 0.29) is 23.3 Å². The van der Waals surface area contributed by atoms with Gasteiger partial charge in [-0.15, -0.1) is 5.10 Å². The number of rotatable bonds is 5. The molecule has 11 heteroatoms. The smallest absolute Gasteiger partial charge is 0.367 e. The third-order valence-corrected chi connectivity index (χ3v) is 5.63. The molecule has 1 saturated carbocycles. The number of alkyl halides is 3. The lowest BCUT2D eigenvalue weighted by atomic mass is 10.2. The number of hydrogen-bond donors (Lipinski definition) is 2. The number of nitrogens with one attached hydrogen (secondary N) is 2. The van der Waals surface area contributed by atoms with Gasteiger partial charge in [-0.1, -0.05) is 6.07 Å². The summed E-state index contributed by atoms with van der Waals surface area (Å²) in [6.45, 7) is 0. The fraction of sp³-hybridized carbons (Fsp3) is 0.273. The van der Waals surface area contributed by atoms with E-state index in [1.165, 1.54) is 21.3 Å². The molecule has 4 aromatic heterocycles. The summed E-state index contributed by atoms with van der Waals surface area (Å²) in [6, 6.07) is 10.8. The first kappa shape index (κ1) is 21.0. The van der Waals surface area contributed by atoms with E-state index < -0.39 is 11.7 Å². The second-order valence-electron chi connectivity index (χ2n) is 7.96. The number of aromatic nitrogens is 5. The van der Waals surface area contributed by atoms with E-state index in [0.29, 0.717) is 17.5 Å². The van der Waals surface area contributed by atoms with Crippen molar-refractivity contribution in [2.75, 3.05) is 10.6 Å². The predicted octanol–water partition coefficient (Wildman–Crippen LogP) is 3.74. The maximum Gasteiger partial charge on any atom is 0.416 e. The van der Waals surface area contributed by atoms with Crippen molar-refractivity contribution in [3.8, 4) is 5.69 Å². The van der Waals surface area contributed by atoms with Crippen LogP contribution in [-0.4, -0.2) is 36.2 Å². The summed E-state index contributed by atoms with van der Waals surface area (Å²) in [5, 5.41) is 10.8. The lowest BCUT2D eigenvalue weighted by Gasteiger charge is -2.15. The molecule has 1 fully saturated rings. The van der Waals surface area contributed by atoms with Crippen LogP contribution in [0.2, 0.25) is 0 Å². The molecule has 0 amide bonds. The molecule has 0 saturated heterocycles. The molecule has 2 N–H and O–H groups in total. The summed E-state index contributed by atoms with van der Waals surface area (Å²) < 4.78 is 41.5. The number of pyridine rings is 3. The van der Waals surface area contributed by atoms with Crippen LogP contribution >= 0.6 is 0 Å².